The van der Waals surface area contributed by atoms with Gasteiger partial charge >= 0.3 is 6.18 Å². The molecule has 0 aromatic heterocycles. The number of hydrogen-bond donors (Lipinski definition) is 1. The molecule has 1 N–H and O–H groups in total. The molecular weight excluding hydrogens is 572 g/mol. The number of hydrogen-bond acceptors (Lipinski definition) is 5. The Morgan fingerprint density at radius 2 is 1.61 bits per heavy atom. The van der Waals surface area contributed by atoms with E-state index in [1.165, 1.54) is 32.0 Å². The summed E-state index contributed by atoms with van der Waals surface area (Å²) in [5, 5.41) is 10.3. The number of ether oxygens (including phenoxy) is 1. The molecule has 5 nitrogen and oxygen atoms in total. The highest BCUT2D eigenvalue weighted by Gasteiger charge is 2.35. The summed E-state index contributed by atoms with van der Waals surface area (Å²) >= 11 is 0. The van der Waals surface area contributed by atoms with Gasteiger partial charge in [0.05, 0.1) is 22.7 Å². The SMILES string of the molecule is CC(C)(O)c1c(F)cc(OCCCN(CCc2ccc(F)cc2)Cc2cccc(C(F)(F)F)c2F)cc1S(C)(=O)=O. The second-order valence-corrected chi connectivity index (χ2v) is 12.2. The van der Waals surface area contributed by atoms with E-state index in [0.29, 0.717) is 19.0 Å². The largest absolute Gasteiger partial charge is 0.493 e. The van der Waals surface area contributed by atoms with Crippen LogP contribution in [-0.2, 0) is 34.6 Å². The van der Waals surface area contributed by atoms with Gasteiger partial charge in [0.15, 0.2) is 9.84 Å². The summed E-state index contributed by atoms with van der Waals surface area (Å²) in [5.74, 6) is -2.83. The fraction of sp³-hybridized carbons (Fsp3) is 0.379. The third-order valence-electron chi connectivity index (χ3n) is 6.33. The van der Waals surface area contributed by atoms with Gasteiger partial charge < -0.3 is 9.84 Å². The average Bonchev–Trinajstić information content (AvgIpc) is 2.84. The predicted octanol–water partition coefficient (Wildman–Crippen LogP) is 6.27. The van der Waals surface area contributed by atoms with Crippen LogP contribution in [0.3, 0.4) is 0 Å². The molecule has 41 heavy (non-hydrogen) atoms. The number of rotatable bonds is 12. The zero-order chi connectivity index (χ0) is 30.6. The zero-order valence-corrected chi connectivity index (χ0v) is 23.6. The number of benzene rings is 3. The molecule has 0 fully saturated rings. The summed E-state index contributed by atoms with van der Waals surface area (Å²) in [6, 6.07) is 10.9. The van der Waals surface area contributed by atoms with Gasteiger partial charge in [-0.25, -0.2) is 21.6 Å². The molecule has 3 aromatic rings. The van der Waals surface area contributed by atoms with Crippen molar-refractivity contribution in [3.8, 4) is 5.75 Å². The van der Waals surface area contributed by atoms with Crippen molar-refractivity contribution in [2.24, 2.45) is 0 Å². The normalized spacial score (nSPS) is 12.7. The van der Waals surface area contributed by atoms with Crippen LogP contribution < -0.4 is 4.74 Å². The first-order valence-electron chi connectivity index (χ1n) is 12.7. The molecule has 0 heterocycles. The quantitative estimate of drug-likeness (QED) is 0.195. The van der Waals surface area contributed by atoms with Crippen molar-refractivity contribution in [2.75, 3.05) is 26.0 Å². The van der Waals surface area contributed by atoms with Gasteiger partial charge in [-0.1, -0.05) is 24.3 Å². The van der Waals surface area contributed by atoms with Crippen LogP contribution in [0.5, 0.6) is 5.75 Å². The van der Waals surface area contributed by atoms with Crippen LogP contribution in [-0.4, -0.2) is 44.4 Å². The van der Waals surface area contributed by atoms with Crippen LogP contribution in [0, 0.1) is 17.5 Å². The van der Waals surface area contributed by atoms with Gasteiger partial charge in [-0.05, 0) is 56.5 Å². The minimum atomic E-state index is -4.85. The van der Waals surface area contributed by atoms with Crippen molar-refractivity contribution in [3.63, 3.8) is 0 Å². The lowest BCUT2D eigenvalue weighted by Crippen LogP contribution is -2.29. The third-order valence-corrected chi connectivity index (χ3v) is 7.46. The minimum Gasteiger partial charge on any atom is -0.493 e. The summed E-state index contributed by atoms with van der Waals surface area (Å²) in [7, 11) is -3.92. The number of alkyl halides is 3. The second-order valence-electron chi connectivity index (χ2n) is 10.2. The topological polar surface area (TPSA) is 66.8 Å². The second kappa shape index (κ2) is 12.8. The molecule has 3 aromatic carbocycles. The smallest absolute Gasteiger partial charge is 0.419 e. The van der Waals surface area contributed by atoms with E-state index < -0.39 is 49.5 Å². The Hall–Kier alpha value is -3.09. The van der Waals surface area contributed by atoms with Crippen molar-refractivity contribution in [2.45, 2.75) is 49.9 Å². The van der Waals surface area contributed by atoms with Crippen molar-refractivity contribution in [1.29, 1.82) is 0 Å². The maximum Gasteiger partial charge on any atom is 0.419 e. The van der Waals surface area contributed by atoms with Crippen molar-refractivity contribution in [3.05, 3.63) is 94.3 Å². The van der Waals surface area contributed by atoms with E-state index in [1.807, 2.05) is 0 Å². The maximum atomic E-state index is 14.8. The van der Waals surface area contributed by atoms with E-state index in [4.69, 9.17) is 4.74 Å². The molecule has 12 heteroatoms. The van der Waals surface area contributed by atoms with Gasteiger partial charge in [0, 0.05) is 43.1 Å². The molecule has 0 saturated heterocycles. The van der Waals surface area contributed by atoms with Gasteiger partial charge in [-0.2, -0.15) is 13.2 Å². The molecule has 0 radical (unpaired) electrons. The summed E-state index contributed by atoms with van der Waals surface area (Å²) in [6.45, 7) is 2.88. The van der Waals surface area contributed by atoms with Crippen LogP contribution in [0.15, 0.2) is 59.5 Å². The minimum absolute atomic E-state index is 0.0252. The Kier molecular flexibility index (Phi) is 10.1. The lowest BCUT2D eigenvalue weighted by Gasteiger charge is -2.24. The summed E-state index contributed by atoms with van der Waals surface area (Å²) in [4.78, 5) is 1.30. The van der Waals surface area contributed by atoms with Crippen molar-refractivity contribution >= 4 is 9.84 Å². The van der Waals surface area contributed by atoms with E-state index >= 15 is 0 Å². The first kappa shape index (κ1) is 32.4. The molecule has 224 valence electrons. The van der Waals surface area contributed by atoms with E-state index in [2.05, 4.69) is 0 Å². The fourth-order valence-corrected chi connectivity index (χ4v) is 5.42. The van der Waals surface area contributed by atoms with Crippen molar-refractivity contribution in [1.82, 2.24) is 4.90 Å². The van der Waals surface area contributed by atoms with E-state index in [9.17, 15) is 39.9 Å². The third kappa shape index (κ3) is 8.95. The molecular formula is C29H31F6NO4S. The lowest BCUT2D eigenvalue weighted by atomic mass is 9.97. The monoisotopic (exact) mass is 603 g/mol. The first-order chi connectivity index (χ1) is 19.0. The molecule has 0 bridgehead atoms. The van der Waals surface area contributed by atoms with Crippen molar-refractivity contribution < 1.29 is 44.6 Å². The Bertz CT molecular complexity index is 1450. The predicted molar refractivity (Wildman–Crippen MR) is 142 cm³/mol. The van der Waals surface area contributed by atoms with Gasteiger partial charge in [0.25, 0.3) is 0 Å². The van der Waals surface area contributed by atoms with Gasteiger partial charge in [-0.3, -0.25) is 4.90 Å². The van der Waals surface area contributed by atoms with E-state index in [-0.39, 0.29) is 43.0 Å². The molecule has 0 amide bonds. The zero-order valence-electron chi connectivity index (χ0n) is 22.7. The molecule has 3 rings (SSSR count). The van der Waals surface area contributed by atoms with Gasteiger partial charge in [-0.15, -0.1) is 0 Å². The average molecular weight is 604 g/mol. The number of aliphatic hydroxyl groups is 1. The molecule has 0 spiro atoms. The van der Waals surface area contributed by atoms with E-state index in [0.717, 1.165) is 30.0 Å². The Morgan fingerprint density at radius 3 is 2.20 bits per heavy atom. The molecule has 0 unspecified atom stereocenters. The van der Waals surface area contributed by atoms with Gasteiger partial charge in [0.2, 0.25) is 0 Å². The maximum absolute atomic E-state index is 14.8. The highest BCUT2D eigenvalue weighted by molar-refractivity contribution is 7.90. The Balaban J connectivity index is 1.75. The first-order valence-corrected chi connectivity index (χ1v) is 14.6. The molecule has 0 aliphatic carbocycles. The number of nitrogens with zero attached hydrogens (tertiary/aromatic N) is 1. The summed E-state index contributed by atoms with van der Waals surface area (Å²) in [5.41, 5.74) is -2.91. The number of sulfone groups is 1. The highest BCUT2D eigenvalue weighted by Crippen LogP contribution is 2.34. The highest BCUT2D eigenvalue weighted by atomic mass is 32.2. The Morgan fingerprint density at radius 1 is 0.951 bits per heavy atom. The molecule has 0 saturated carbocycles. The number of halogens is 6. The van der Waals surface area contributed by atoms with E-state index in [1.54, 1.807) is 17.0 Å². The molecule has 0 aliphatic rings. The molecule has 0 aliphatic heterocycles. The summed E-state index contributed by atoms with van der Waals surface area (Å²) in [6.07, 6.45) is -3.30. The fourth-order valence-electron chi connectivity index (χ4n) is 4.38. The standard InChI is InChI=1S/C29H31F6NO4S/c1-28(2,37)26-24(31)16-22(17-25(26)41(3,38)39)40-15-5-13-36(14-12-19-8-10-21(30)11-9-19)18-20-6-4-7-23(27(20)32)29(33,34)35/h4,6-11,16-17,37H,5,12-15,18H2,1-3H3. The van der Waals surface area contributed by atoms with Crippen LogP contribution in [0.4, 0.5) is 26.3 Å². The van der Waals surface area contributed by atoms with Crippen LogP contribution >= 0.6 is 0 Å². The lowest BCUT2D eigenvalue weighted by molar-refractivity contribution is -0.140. The molecule has 0 atom stereocenters. The van der Waals surface area contributed by atoms with Gasteiger partial charge in [0.1, 0.15) is 23.2 Å². The van der Waals surface area contributed by atoms with Crippen LogP contribution in [0.25, 0.3) is 0 Å². The van der Waals surface area contributed by atoms with Crippen LogP contribution in [0.2, 0.25) is 0 Å². The summed E-state index contributed by atoms with van der Waals surface area (Å²) < 4.78 is 113. The Labute approximate surface area is 235 Å². The van der Waals surface area contributed by atoms with Crippen LogP contribution in [0.1, 0.15) is 42.5 Å².